The molecule has 0 aliphatic carbocycles. The Morgan fingerprint density at radius 2 is 2.00 bits per heavy atom. The first-order valence-electron chi connectivity index (χ1n) is 7.68. The van der Waals surface area contributed by atoms with Gasteiger partial charge in [0, 0.05) is 26.1 Å². The molecule has 0 radical (unpaired) electrons. The lowest BCUT2D eigenvalue weighted by molar-refractivity contribution is -0.384. The maximum Gasteiger partial charge on any atom is 0.334 e. The van der Waals surface area contributed by atoms with Crippen molar-refractivity contribution < 1.29 is 4.92 Å². The summed E-state index contributed by atoms with van der Waals surface area (Å²) < 4.78 is 1.59. The van der Waals surface area contributed by atoms with Crippen LogP contribution in [0.4, 0.5) is 11.5 Å². The highest BCUT2D eigenvalue weighted by atomic mass is 16.6. The summed E-state index contributed by atoms with van der Waals surface area (Å²) in [5.41, 5.74) is 0.661. The zero-order valence-electron chi connectivity index (χ0n) is 13.1. The van der Waals surface area contributed by atoms with Gasteiger partial charge < -0.3 is 10.2 Å². The Hall–Kier alpha value is -1.63. The molecule has 7 heteroatoms. The van der Waals surface area contributed by atoms with Crippen LogP contribution in [0.15, 0.2) is 0 Å². The first-order chi connectivity index (χ1) is 10.0. The van der Waals surface area contributed by atoms with Crippen molar-refractivity contribution in [2.75, 3.05) is 31.5 Å². The molecule has 7 nitrogen and oxygen atoms in total. The third-order valence-electron chi connectivity index (χ3n) is 3.95. The van der Waals surface area contributed by atoms with Gasteiger partial charge in [0.15, 0.2) is 0 Å². The Bertz CT molecular complexity index is 492. The minimum absolute atomic E-state index is 0.0363. The maximum absolute atomic E-state index is 11.3. The van der Waals surface area contributed by atoms with E-state index in [1.807, 2.05) is 13.8 Å². The van der Waals surface area contributed by atoms with Gasteiger partial charge in [-0.05, 0) is 25.9 Å². The van der Waals surface area contributed by atoms with Crippen LogP contribution in [0.3, 0.4) is 0 Å². The first kappa shape index (κ1) is 15.8. The van der Waals surface area contributed by atoms with Crippen LogP contribution in [-0.4, -0.2) is 45.8 Å². The summed E-state index contributed by atoms with van der Waals surface area (Å²) in [6, 6.07) is 0. The third-order valence-corrected chi connectivity index (χ3v) is 3.95. The average Bonchev–Trinajstić information content (AvgIpc) is 2.78. The number of hydrogen-bond donors (Lipinski definition) is 1. The SMILES string of the molecule is CC(C)c1nn(C)c(NCCN2CCCCC2)c1[N+](=O)[O-]. The average molecular weight is 295 g/mol. The molecular weight excluding hydrogens is 270 g/mol. The van der Waals surface area contributed by atoms with Crippen molar-refractivity contribution in [1.29, 1.82) is 0 Å². The topological polar surface area (TPSA) is 76.2 Å². The quantitative estimate of drug-likeness (QED) is 0.644. The maximum atomic E-state index is 11.3. The van der Waals surface area contributed by atoms with E-state index >= 15 is 0 Å². The smallest absolute Gasteiger partial charge is 0.334 e. The molecule has 1 saturated heterocycles. The summed E-state index contributed by atoms with van der Waals surface area (Å²) >= 11 is 0. The van der Waals surface area contributed by atoms with Crippen molar-refractivity contribution in [2.45, 2.75) is 39.0 Å². The molecule has 118 valence electrons. The molecule has 1 N–H and O–H groups in total. The van der Waals surface area contributed by atoms with Crippen LogP contribution in [0.5, 0.6) is 0 Å². The zero-order chi connectivity index (χ0) is 15.4. The monoisotopic (exact) mass is 295 g/mol. The summed E-state index contributed by atoms with van der Waals surface area (Å²) in [4.78, 5) is 13.4. The van der Waals surface area contributed by atoms with Gasteiger partial charge >= 0.3 is 5.69 Å². The molecule has 0 spiro atoms. The Morgan fingerprint density at radius 3 is 2.57 bits per heavy atom. The van der Waals surface area contributed by atoms with E-state index in [4.69, 9.17) is 0 Å². The van der Waals surface area contributed by atoms with Crippen LogP contribution in [0.2, 0.25) is 0 Å². The number of nitrogens with one attached hydrogen (secondary N) is 1. The highest BCUT2D eigenvalue weighted by Gasteiger charge is 2.28. The van der Waals surface area contributed by atoms with E-state index in [9.17, 15) is 10.1 Å². The summed E-state index contributed by atoms with van der Waals surface area (Å²) in [5.74, 6) is 0.551. The number of aryl methyl sites for hydroxylation is 1. The number of aromatic nitrogens is 2. The van der Waals surface area contributed by atoms with Crippen molar-refractivity contribution in [1.82, 2.24) is 14.7 Å². The van der Waals surface area contributed by atoms with Gasteiger partial charge in [0.2, 0.25) is 5.82 Å². The van der Waals surface area contributed by atoms with Gasteiger partial charge in [0.05, 0.1) is 4.92 Å². The Kier molecular flexibility index (Phi) is 5.17. The van der Waals surface area contributed by atoms with E-state index < -0.39 is 0 Å². The van der Waals surface area contributed by atoms with Gasteiger partial charge in [-0.15, -0.1) is 0 Å². The molecule has 0 aromatic carbocycles. The molecule has 2 rings (SSSR count). The second-order valence-electron chi connectivity index (χ2n) is 5.95. The molecule has 1 aliphatic rings. The fourth-order valence-corrected chi connectivity index (χ4v) is 2.82. The molecule has 1 aromatic rings. The summed E-state index contributed by atoms with van der Waals surface area (Å²) in [6.45, 7) is 7.73. The molecule has 21 heavy (non-hydrogen) atoms. The van der Waals surface area contributed by atoms with Crippen molar-refractivity contribution >= 4 is 11.5 Å². The Labute approximate surface area is 125 Å². The lowest BCUT2D eigenvalue weighted by Gasteiger charge is -2.26. The largest absolute Gasteiger partial charge is 0.363 e. The van der Waals surface area contributed by atoms with Gasteiger partial charge in [0.25, 0.3) is 0 Å². The van der Waals surface area contributed by atoms with Crippen molar-refractivity contribution in [2.24, 2.45) is 7.05 Å². The van der Waals surface area contributed by atoms with E-state index in [1.165, 1.54) is 19.3 Å². The second kappa shape index (κ2) is 6.89. The molecule has 2 heterocycles. The molecular formula is C14H25N5O2. The predicted octanol–water partition coefficient (Wildman–Crippen LogP) is 2.35. The lowest BCUT2D eigenvalue weighted by Crippen LogP contribution is -2.34. The van der Waals surface area contributed by atoms with Crippen LogP contribution in [0, 0.1) is 10.1 Å². The molecule has 1 aliphatic heterocycles. The molecule has 0 saturated carbocycles. The van der Waals surface area contributed by atoms with Crippen LogP contribution < -0.4 is 5.32 Å². The minimum Gasteiger partial charge on any atom is -0.363 e. The van der Waals surface area contributed by atoms with E-state index in [1.54, 1.807) is 11.7 Å². The van der Waals surface area contributed by atoms with E-state index in [2.05, 4.69) is 15.3 Å². The number of nitrogens with zero attached hydrogens (tertiary/aromatic N) is 4. The van der Waals surface area contributed by atoms with Crippen LogP contribution >= 0.6 is 0 Å². The molecule has 0 bridgehead atoms. The van der Waals surface area contributed by atoms with Gasteiger partial charge in [-0.3, -0.25) is 10.1 Å². The van der Waals surface area contributed by atoms with E-state index in [0.29, 0.717) is 18.1 Å². The normalized spacial score (nSPS) is 16.4. The zero-order valence-corrected chi connectivity index (χ0v) is 13.1. The minimum atomic E-state index is -0.328. The number of nitro groups is 1. The Morgan fingerprint density at radius 1 is 1.33 bits per heavy atom. The van der Waals surface area contributed by atoms with Crippen molar-refractivity contribution in [3.05, 3.63) is 15.8 Å². The fraction of sp³-hybridized carbons (Fsp3) is 0.786. The van der Waals surface area contributed by atoms with Crippen LogP contribution in [-0.2, 0) is 7.05 Å². The molecule has 0 unspecified atom stereocenters. The standard InChI is InChI=1S/C14H25N5O2/c1-11(2)12-13(19(20)21)14(17(3)16-12)15-7-10-18-8-5-4-6-9-18/h11,15H,4-10H2,1-3H3. The number of likely N-dealkylation sites (tertiary alicyclic amines) is 1. The summed E-state index contributed by atoms with van der Waals surface area (Å²) in [7, 11) is 1.75. The molecule has 0 amide bonds. The second-order valence-corrected chi connectivity index (χ2v) is 5.95. The highest BCUT2D eigenvalue weighted by Crippen LogP contribution is 2.32. The van der Waals surface area contributed by atoms with Crippen LogP contribution in [0.1, 0.15) is 44.7 Å². The fourth-order valence-electron chi connectivity index (χ4n) is 2.82. The number of rotatable bonds is 6. The van der Waals surface area contributed by atoms with Gasteiger partial charge in [-0.2, -0.15) is 5.10 Å². The molecule has 1 aromatic heterocycles. The summed E-state index contributed by atoms with van der Waals surface area (Å²) in [6.07, 6.45) is 3.82. The third kappa shape index (κ3) is 3.72. The Balaban J connectivity index is 2.03. The van der Waals surface area contributed by atoms with Gasteiger partial charge in [-0.25, -0.2) is 4.68 Å². The predicted molar refractivity (Wildman–Crippen MR) is 82.7 cm³/mol. The highest BCUT2D eigenvalue weighted by molar-refractivity contribution is 5.60. The molecule has 1 fully saturated rings. The number of piperidine rings is 1. The van der Waals surface area contributed by atoms with E-state index in [0.717, 1.165) is 19.6 Å². The lowest BCUT2D eigenvalue weighted by atomic mass is 10.1. The first-order valence-corrected chi connectivity index (χ1v) is 7.68. The number of anilines is 1. The summed E-state index contributed by atoms with van der Waals surface area (Å²) in [5, 5.41) is 18.8. The van der Waals surface area contributed by atoms with Gasteiger partial charge in [0.1, 0.15) is 5.69 Å². The molecule has 0 atom stereocenters. The van der Waals surface area contributed by atoms with Gasteiger partial charge in [-0.1, -0.05) is 20.3 Å². The van der Waals surface area contributed by atoms with Crippen LogP contribution in [0.25, 0.3) is 0 Å². The van der Waals surface area contributed by atoms with Crippen molar-refractivity contribution in [3.8, 4) is 0 Å². The van der Waals surface area contributed by atoms with E-state index in [-0.39, 0.29) is 16.5 Å². The number of hydrogen-bond acceptors (Lipinski definition) is 5. The van der Waals surface area contributed by atoms with Crippen molar-refractivity contribution in [3.63, 3.8) is 0 Å².